The molecule has 0 unspecified atom stereocenters. The Bertz CT molecular complexity index is 725. The molecule has 1 aliphatic heterocycles. The summed E-state index contributed by atoms with van der Waals surface area (Å²) in [6.07, 6.45) is -3.00. The van der Waals surface area contributed by atoms with Crippen molar-refractivity contribution in [3.05, 3.63) is 29.8 Å². The monoisotopic (exact) mass is 527 g/mol. The van der Waals surface area contributed by atoms with Gasteiger partial charge in [0.1, 0.15) is 6.54 Å². The van der Waals surface area contributed by atoms with Crippen LogP contribution in [0.25, 0.3) is 0 Å². The molecule has 1 aromatic rings. The lowest BCUT2D eigenvalue weighted by atomic mass is 10.2. The second-order valence-electron chi connectivity index (χ2n) is 6.46. The molecule has 2 N–H and O–H groups in total. The largest absolute Gasteiger partial charge is 0.406 e. The zero-order chi connectivity index (χ0) is 20.7. The maximum Gasteiger partial charge on any atom is 0.406 e. The number of hydrogen-bond acceptors (Lipinski definition) is 3. The Labute approximate surface area is 184 Å². The number of halogens is 4. The molecule has 0 spiro atoms. The third-order valence-corrected chi connectivity index (χ3v) is 4.25. The van der Waals surface area contributed by atoms with Crippen molar-refractivity contribution in [3.63, 3.8) is 0 Å². The Balaban J connectivity index is 0.00000420. The Morgan fingerprint density at radius 1 is 1.24 bits per heavy atom. The zero-order valence-corrected chi connectivity index (χ0v) is 18.6. The standard InChI is InChI=1S/C18H24F3N5O2.HI/c1-22-17(24-11-16(28)25(2)12-18(19,20)21)23-10-13-5-7-14(8-6-13)26-9-3-4-15(26)27;/h5-8H,3-4,9-12H2,1-2H3,(H2,22,23,24);1H. The highest BCUT2D eigenvalue weighted by Crippen LogP contribution is 2.21. The molecule has 0 aromatic heterocycles. The van der Waals surface area contributed by atoms with Crippen LogP contribution < -0.4 is 15.5 Å². The number of benzene rings is 1. The minimum Gasteiger partial charge on any atom is -0.352 e. The van der Waals surface area contributed by atoms with Gasteiger partial charge in [0.25, 0.3) is 0 Å². The van der Waals surface area contributed by atoms with Gasteiger partial charge in [-0.1, -0.05) is 12.1 Å². The van der Waals surface area contributed by atoms with Gasteiger partial charge in [-0.15, -0.1) is 24.0 Å². The normalized spacial score (nSPS) is 14.4. The number of hydrogen-bond donors (Lipinski definition) is 2. The van der Waals surface area contributed by atoms with Gasteiger partial charge in [-0.3, -0.25) is 14.6 Å². The third-order valence-electron chi connectivity index (χ3n) is 4.25. The topological polar surface area (TPSA) is 77.0 Å². The van der Waals surface area contributed by atoms with Crippen LogP contribution in [0, 0.1) is 0 Å². The minimum absolute atomic E-state index is 0. The summed E-state index contributed by atoms with van der Waals surface area (Å²) < 4.78 is 36.9. The van der Waals surface area contributed by atoms with E-state index in [1.165, 1.54) is 7.05 Å². The van der Waals surface area contributed by atoms with E-state index >= 15 is 0 Å². The van der Waals surface area contributed by atoms with Crippen LogP contribution >= 0.6 is 24.0 Å². The fourth-order valence-corrected chi connectivity index (χ4v) is 2.77. The van der Waals surface area contributed by atoms with Gasteiger partial charge in [-0.25, -0.2) is 0 Å². The number of carbonyl (C=O) groups is 2. The highest BCUT2D eigenvalue weighted by Gasteiger charge is 2.31. The number of nitrogens with zero attached hydrogens (tertiary/aromatic N) is 3. The molecule has 11 heteroatoms. The van der Waals surface area contributed by atoms with E-state index in [-0.39, 0.29) is 36.4 Å². The number of amides is 2. The van der Waals surface area contributed by atoms with Crippen LogP contribution in [0.1, 0.15) is 18.4 Å². The molecule has 1 heterocycles. The van der Waals surface area contributed by atoms with Gasteiger partial charge in [0, 0.05) is 39.3 Å². The molecular formula is C18H25F3IN5O2. The second kappa shape index (κ2) is 11.2. The number of rotatable bonds is 6. The van der Waals surface area contributed by atoms with Crippen LogP contribution in [0.4, 0.5) is 18.9 Å². The first kappa shape index (κ1) is 25.0. The molecule has 1 saturated heterocycles. The van der Waals surface area contributed by atoms with Crippen LogP contribution in [0.3, 0.4) is 0 Å². The average molecular weight is 527 g/mol. The Morgan fingerprint density at radius 3 is 2.41 bits per heavy atom. The fourth-order valence-electron chi connectivity index (χ4n) is 2.77. The van der Waals surface area contributed by atoms with Crippen molar-refractivity contribution in [3.8, 4) is 0 Å². The number of aliphatic imine (C=N–C) groups is 1. The van der Waals surface area contributed by atoms with Crippen molar-refractivity contribution in [1.82, 2.24) is 15.5 Å². The molecule has 29 heavy (non-hydrogen) atoms. The SMILES string of the molecule is CN=C(NCC(=O)N(C)CC(F)(F)F)NCc1ccc(N2CCCC2=O)cc1.I. The number of nitrogens with one attached hydrogen (secondary N) is 2. The van der Waals surface area contributed by atoms with Crippen LogP contribution in [0.5, 0.6) is 0 Å². The van der Waals surface area contributed by atoms with E-state index < -0.39 is 18.6 Å². The molecular weight excluding hydrogens is 502 g/mol. The van der Waals surface area contributed by atoms with E-state index in [2.05, 4.69) is 15.6 Å². The van der Waals surface area contributed by atoms with Crippen LogP contribution in [-0.4, -0.2) is 62.6 Å². The van der Waals surface area contributed by atoms with Crippen LogP contribution in [0.15, 0.2) is 29.3 Å². The average Bonchev–Trinajstić information content (AvgIpc) is 3.06. The molecule has 162 valence electrons. The number of carbonyl (C=O) groups excluding carboxylic acids is 2. The molecule has 1 aliphatic rings. The lowest BCUT2D eigenvalue weighted by Gasteiger charge is -2.20. The van der Waals surface area contributed by atoms with Crippen molar-refractivity contribution >= 4 is 47.4 Å². The minimum atomic E-state index is -4.43. The summed E-state index contributed by atoms with van der Waals surface area (Å²) in [7, 11) is 2.60. The number of likely N-dealkylation sites (N-methyl/N-ethyl adjacent to an activating group) is 1. The first-order valence-electron chi connectivity index (χ1n) is 8.84. The third kappa shape index (κ3) is 8.07. The lowest BCUT2D eigenvalue weighted by Crippen LogP contribution is -2.45. The molecule has 0 radical (unpaired) electrons. The molecule has 7 nitrogen and oxygen atoms in total. The molecule has 0 atom stereocenters. The summed E-state index contributed by atoms with van der Waals surface area (Å²) in [5.74, 6) is -0.275. The number of anilines is 1. The highest BCUT2D eigenvalue weighted by atomic mass is 127. The maximum absolute atomic E-state index is 12.3. The summed E-state index contributed by atoms with van der Waals surface area (Å²) in [4.78, 5) is 29.8. The number of guanidine groups is 1. The van der Waals surface area contributed by atoms with Gasteiger partial charge in [0.05, 0.1) is 6.54 Å². The van der Waals surface area contributed by atoms with E-state index in [1.807, 2.05) is 24.3 Å². The van der Waals surface area contributed by atoms with Gasteiger partial charge in [-0.05, 0) is 24.1 Å². The lowest BCUT2D eigenvalue weighted by molar-refractivity contribution is -0.157. The summed E-state index contributed by atoms with van der Waals surface area (Å²) in [6, 6.07) is 7.49. The van der Waals surface area contributed by atoms with Crippen molar-refractivity contribution in [1.29, 1.82) is 0 Å². The summed E-state index contributed by atoms with van der Waals surface area (Å²) in [5.41, 5.74) is 1.78. The Hall–Kier alpha value is -2.05. The Kier molecular flexibility index (Phi) is 9.66. The van der Waals surface area contributed by atoms with E-state index in [0.717, 1.165) is 31.3 Å². The predicted octanol–water partition coefficient (Wildman–Crippen LogP) is 2.12. The second-order valence-corrected chi connectivity index (χ2v) is 6.46. The van der Waals surface area contributed by atoms with Crippen LogP contribution in [-0.2, 0) is 16.1 Å². The van der Waals surface area contributed by atoms with E-state index in [0.29, 0.717) is 23.8 Å². The smallest absolute Gasteiger partial charge is 0.352 e. The van der Waals surface area contributed by atoms with E-state index in [1.54, 1.807) is 4.90 Å². The zero-order valence-electron chi connectivity index (χ0n) is 16.3. The Morgan fingerprint density at radius 2 is 1.90 bits per heavy atom. The molecule has 0 saturated carbocycles. The maximum atomic E-state index is 12.3. The summed E-state index contributed by atoms with van der Waals surface area (Å²) in [5, 5.41) is 5.69. The summed E-state index contributed by atoms with van der Waals surface area (Å²) >= 11 is 0. The van der Waals surface area contributed by atoms with Crippen molar-refractivity contribution in [2.24, 2.45) is 4.99 Å². The van der Waals surface area contributed by atoms with E-state index in [4.69, 9.17) is 0 Å². The summed E-state index contributed by atoms with van der Waals surface area (Å²) in [6.45, 7) is -0.474. The highest BCUT2D eigenvalue weighted by molar-refractivity contribution is 14.0. The first-order chi connectivity index (χ1) is 13.2. The van der Waals surface area contributed by atoms with Gasteiger partial charge < -0.3 is 20.4 Å². The first-order valence-corrected chi connectivity index (χ1v) is 8.84. The van der Waals surface area contributed by atoms with E-state index in [9.17, 15) is 22.8 Å². The number of alkyl halides is 3. The van der Waals surface area contributed by atoms with Gasteiger partial charge in [-0.2, -0.15) is 13.2 Å². The molecule has 1 aromatic carbocycles. The van der Waals surface area contributed by atoms with Gasteiger partial charge in [0.2, 0.25) is 11.8 Å². The van der Waals surface area contributed by atoms with Gasteiger partial charge >= 0.3 is 6.18 Å². The predicted molar refractivity (Wildman–Crippen MR) is 115 cm³/mol. The quantitative estimate of drug-likeness (QED) is 0.338. The van der Waals surface area contributed by atoms with Crippen molar-refractivity contribution < 1.29 is 22.8 Å². The molecule has 0 aliphatic carbocycles. The van der Waals surface area contributed by atoms with Crippen molar-refractivity contribution in [2.75, 3.05) is 38.6 Å². The fraction of sp³-hybridized carbons (Fsp3) is 0.500. The molecule has 1 fully saturated rings. The van der Waals surface area contributed by atoms with Crippen molar-refractivity contribution in [2.45, 2.75) is 25.6 Å². The molecule has 2 amide bonds. The van der Waals surface area contributed by atoms with Crippen LogP contribution in [0.2, 0.25) is 0 Å². The van der Waals surface area contributed by atoms with Gasteiger partial charge in [0.15, 0.2) is 5.96 Å². The molecule has 2 rings (SSSR count). The molecule has 0 bridgehead atoms.